The maximum absolute atomic E-state index is 4.98. The minimum atomic E-state index is 0.452. The number of nitrogens with one attached hydrogen (secondary N) is 1. The largest absolute Gasteiger partial charge is 0.348 e. The van der Waals surface area contributed by atoms with Crippen LogP contribution in [-0.2, 0) is 6.54 Å². The summed E-state index contributed by atoms with van der Waals surface area (Å²) in [6.45, 7) is 11.3. The van der Waals surface area contributed by atoms with Gasteiger partial charge in [-0.3, -0.25) is 0 Å². The van der Waals surface area contributed by atoms with Crippen molar-refractivity contribution in [2.24, 2.45) is 5.41 Å². The summed E-state index contributed by atoms with van der Waals surface area (Å²) in [5.74, 6) is 0.759. The van der Waals surface area contributed by atoms with E-state index in [-0.39, 0.29) is 0 Å². The highest BCUT2D eigenvalue weighted by atomic mass is 32.1. The quantitative estimate of drug-likeness (QED) is 0.895. The number of nitrogens with zero attached hydrogens (tertiary/aromatic N) is 2. The maximum atomic E-state index is 4.98. The molecule has 0 unspecified atom stereocenters. The molecule has 2 fully saturated rings. The van der Waals surface area contributed by atoms with Crippen molar-refractivity contribution in [1.29, 1.82) is 0 Å². The molecule has 0 spiro atoms. The summed E-state index contributed by atoms with van der Waals surface area (Å²) in [5.41, 5.74) is 1.85. The monoisotopic (exact) mass is 279 g/mol. The van der Waals surface area contributed by atoms with Gasteiger partial charge in [0.05, 0.1) is 5.69 Å². The molecule has 0 amide bonds. The van der Waals surface area contributed by atoms with Crippen LogP contribution in [0.5, 0.6) is 0 Å². The molecular weight excluding hydrogens is 254 g/mol. The van der Waals surface area contributed by atoms with E-state index in [2.05, 4.69) is 31.0 Å². The Morgan fingerprint density at radius 3 is 2.79 bits per heavy atom. The zero-order valence-electron chi connectivity index (χ0n) is 12.3. The first-order valence-electron chi connectivity index (χ1n) is 7.54. The Balaban J connectivity index is 1.78. The second-order valence-corrected chi connectivity index (χ2v) is 7.76. The maximum Gasteiger partial charge on any atom is 0.185 e. The number of aromatic nitrogens is 1. The number of thiazole rings is 1. The van der Waals surface area contributed by atoms with Crippen LogP contribution in [0.1, 0.15) is 56.5 Å². The van der Waals surface area contributed by atoms with Crippen LogP contribution in [0.2, 0.25) is 0 Å². The third-order valence-corrected chi connectivity index (χ3v) is 5.30. The molecular formula is C15H25N3S. The van der Waals surface area contributed by atoms with Crippen LogP contribution < -0.4 is 10.2 Å². The van der Waals surface area contributed by atoms with Crippen molar-refractivity contribution in [1.82, 2.24) is 10.3 Å². The van der Waals surface area contributed by atoms with Crippen molar-refractivity contribution < 1.29 is 0 Å². The van der Waals surface area contributed by atoms with Crippen LogP contribution in [0.25, 0.3) is 0 Å². The Morgan fingerprint density at radius 2 is 2.21 bits per heavy atom. The van der Waals surface area contributed by atoms with Gasteiger partial charge < -0.3 is 10.2 Å². The molecule has 2 heterocycles. The summed E-state index contributed by atoms with van der Waals surface area (Å²) in [4.78, 5) is 8.95. The van der Waals surface area contributed by atoms with Crippen LogP contribution in [0.3, 0.4) is 0 Å². The van der Waals surface area contributed by atoms with Gasteiger partial charge in [0.25, 0.3) is 0 Å². The van der Waals surface area contributed by atoms with E-state index < -0.39 is 0 Å². The predicted octanol–water partition coefficient (Wildman–Crippen LogP) is 3.37. The molecule has 19 heavy (non-hydrogen) atoms. The molecule has 1 N–H and O–H groups in total. The topological polar surface area (TPSA) is 28.2 Å². The number of rotatable bonds is 5. The highest BCUT2D eigenvalue weighted by molar-refractivity contribution is 7.15. The molecule has 1 aliphatic carbocycles. The van der Waals surface area contributed by atoms with Crippen molar-refractivity contribution in [2.45, 2.75) is 52.5 Å². The van der Waals surface area contributed by atoms with Crippen molar-refractivity contribution >= 4 is 16.5 Å². The average molecular weight is 279 g/mol. The highest BCUT2D eigenvalue weighted by Gasteiger charge is 2.34. The van der Waals surface area contributed by atoms with Gasteiger partial charge in [-0.2, -0.15) is 0 Å². The zero-order valence-corrected chi connectivity index (χ0v) is 13.1. The number of hydrogen-bond acceptors (Lipinski definition) is 4. The van der Waals surface area contributed by atoms with E-state index >= 15 is 0 Å². The molecule has 1 aromatic heterocycles. The van der Waals surface area contributed by atoms with Crippen LogP contribution in [0, 0.1) is 5.41 Å². The van der Waals surface area contributed by atoms with E-state index in [0.717, 1.165) is 25.6 Å². The van der Waals surface area contributed by atoms with E-state index in [1.54, 1.807) is 0 Å². The summed E-state index contributed by atoms with van der Waals surface area (Å²) in [7, 11) is 0. The van der Waals surface area contributed by atoms with Gasteiger partial charge in [0.15, 0.2) is 5.13 Å². The molecule has 0 aromatic carbocycles. The Labute approximate surface area is 120 Å². The molecule has 2 aliphatic rings. The standard InChI is InChI=1S/C15H25N3S/c1-4-16-9-12-13(11-5-6-11)17-14(19-12)18-8-7-15(2,3)10-18/h11,16H,4-10H2,1-3H3. The fourth-order valence-corrected chi connectivity index (χ4v) is 3.94. The predicted molar refractivity (Wildman–Crippen MR) is 82.1 cm³/mol. The molecule has 3 rings (SSSR count). The molecule has 1 saturated heterocycles. The highest BCUT2D eigenvalue weighted by Crippen LogP contribution is 2.45. The van der Waals surface area contributed by atoms with E-state index in [1.807, 2.05) is 11.3 Å². The number of anilines is 1. The van der Waals surface area contributed by atoms with E-state index in [4.69, 9.17) is 4.98 Å². The molecule has 0 radical (unpaired) electrons. The lowest BCUT2D eigenvalue weighted by molar-refractivity contribution is 0.418. The van der Waals surface area contributed by atoms with Gasteiger partial charge in [0, 0.05) is 30.4 Å². The summed E-state index contributed by atoms with van der Waals surface area (Å²) in [6.07, 6.45) is 3.97. The Kier molecular flexibility index (Phi) is 3.56. The normalized spacial score (nSPS) is 22.2. The molecule has 1 aliphatic heterocycles. The molecule has 0 bridgehead atoms. The SMILES string of the molecule is CCNCc1sc(N2CCC(C)(C)C2)nc1C1CC1. The average Bonchev–Trinajstić information content (AvgIpc) is 3.02. The zero-order chi connectivity index (χ0) is 13.5. The first-order valence-corrected chi connectivity index (χ1v) is 8.36. The van der Waals surface area contributed by atoms with Gasteiger partial charge in [0.2, 0.25) is 0 Å². The fourth-order valence-electron chi connectivity index (χ4n) is 2.80. The van der Waals surface area contributed by atoms with Crippen LogP contribution in [0.4, 0.5) is 5.13 Å². The van der Waals surface area contributed by atoms with Crippen molar-refractivity contribution in [3.8, 4) is 0 Å². The molecule has 0 atom stereocenters. The summed E-state index contributed by atoms with van der Waals surface area (Å²) >= 11 is 1.92. The van der Waals surface area contributed by atoms with E-state index in [1.165, 1.54) is 41.5 Å². The Bertz CT molecular complexity index is 448. The van der Waals surface area contributed by atoms with E-state index in [9.17, 15) is 0 Å². The first kappa shape index (κ1) is 13.4. The van der Waals surface area contributed by atoms with Crippen molar-refractivity contribution in [3.05, 3.63) is 10.6 Å². The van der Waals surface area contributed by atoms with Gasteiger partial charge >= 0.3 is 0 Å². The molecule has 4 heteroatoms. The van der Waals surface area contributed by atoms with Crippen LogP contribution in [0.15, 0.2) is 0 Å². The Morgan fingerprint density at radius 1 is 1.42 bits per heavy atom. The first-order chi connectivity index (χ1) is 9.09. The second-order valence-electron chi connectivity index (χ2n) is 6.70. The smallest absolute Gasteiger partial charge is 0.185 e. The molecule has 1 saturated carbocycles. The van der Waals surface area contributed by atoms with Gasteiger partial charge in [-0.15, -0.1) is 11.3 Å². The lowest BCUT2D eigenvalue weighted by atomic mass is 9.93. The van der Waals surface area contributed by atoms with Gasteiger partial charge in [-0.25, -0.2) is 4.98 Å². The van der Waals surface area contributed by atoms with E-state index in [0.29, 0.717) is 5.41 Å². The number of hydrogen-bond donors (Lipinski definition) is 1. The minimum absolute atomic E-state index is 0.452. The van der Waals surface area contributed by atoms with Crippen LogP contribution >= 0.6 is 11.3 Å². The van der Waals surface area contributed by atoms with Crippen molar-refractivity contribution in [2.75, 3.05) is 24.5 Å². The van der Waals surface area contributed by atoms with Crippen molar-refractivity contribution in [3.63, 3.8) is 0 Å². The van der Waals surface area contributed by atoms with Gasteiger partial charge in [-0.1, -0.05) is 20.8 Å². The van der Waals surface area contributed by atoms with Gasteiger partial charge in [0.1, 0.15) is 0 Å². The summed E-state index contributed by atoms with van der Waals surface area (Å²) in [6, 6.07) is 0. The third-order valence-electron chi connectivity index (χ3n) is 4.16. The fraction of sp³-hybridized carbons (Fsp3) is 0.800. The second kappa shape index (κ2) is 5.06. The summed E-state index contributed by atoms with van der Waals surface area (Å²) in [5, 5.41) is 4.72. The van der Waals surface area contributed by atoms with Gasteiger partial charge in [-0.05, 0) is 31.2 Å². The van der Waals surface area contributed by atoms with Crippen LogP contribution in [-0.4, -0.2) is 24.6 Å². The Hall–Kier alpha value is -0.610. The lowest BCUT2D eigenvalue weighted by Crippen LogP contribution is -2.22. The molecule has 3 nitrogen and oxygen atoms in total. The molecule has 106 valence electrons. The molecule has 1 aromatic rings. The summed E-state index contributed by atoms with van der Waals surface area (Å²) < 4.78 is 0. The minimum Gasteiger partial charge on any atom is -0.348 e. The third kappa shape index (κ3) is 2.95. The lowest BCUT2D eigenvalue weighted by Gasteiger charge is -2.18.